The van der Waals surface area contributed by atoms with Crippen LogP contribution >= 0.6 is 0 Å². The van der Waals surface area contributed by atoms with E-state index in [0.29, 0.717) is 23.8 Å². The van der Waals surface area contributed by atoms with E-state index in [9.17, 15) is 9.00 Å². The van der Waals surface area contributed by atoms with E-state index >= 15 is 0 Å². The molecule has 0 radical (unpaired) electrons. The molecule has 36 heavy (non-hydrogen) atoms. The fourth-order valence-corrected chi connectivity index (χ4v) is 4.72. The summed E-state index contributed by atoms with van der Waals surface area (Å²) < 4.78 is 25.9. The highest BCUT2D eigenvalue weighted by Crippen LogP contribution is 2.24. The molecule has 2 atom stereocenters. The molecular weight excluding hydrogens is 474 g/mol. The smallest absolute Gasteiger partial charge is 0.260 e. The molecule has 192 valence electrons. The number of benzene rings is 3. The van der Waals surface area contributed by atoms with Gasteiger partial charge in [-0.3, -0.25) is 9.10 Å². The number of carbonyl (C=O) groups is 1. The minimum atomic E-state index is -1.37. The van der Waals surface area contributed by atoms with Crippen molar-refractivity contribution in [2.75, 3.05) is 52.3 Å². The van der Waals surface area contributed by atoms with Crippen LogP contribution in [0.2, 0.25) is 0 Å². The summed E-state index contributed by atoms with van der Waals surface area (Å²) in [7, 11) is 6.19. The van der Waals surface area contributed by atoms with Crippen LogP contribution in [-0.2, 0) is 15.8 Å². The van der Waals surface area contributed by atoms with Crippen molar-refractivity contribution < 1.29 is 18.5 Å². The van der Waals surface area contributed by atoms with Gasteiger partial charge in [0.25, 0.3) is 5.91 Å². The largest absolute Gasteiger partial charge is 0.494 e. The molecule has 0 heterocycles. The maximum atomic E-state index is 13.0. The van der Waals surface area contributed by atoms with Gasteiger partial charge in [0, 0.05) is 26.3 Å². The third kappa shape index (κ3) is 7.32. The molecule has 7 nitrogen and oxygen atoms in total. The Kier molecular flexibility index (Phi) is 9.90. The number of carbonyl (C=O) groups excluding carboxylic acids is 1. The number of amides is 1. The minimum absolute atomic E-state index is 0.0689. The monoisotopic (exact) mass is 509 g/mol. The van der Waals surface area contributed by atoms with Crippen molar-refractivity contribution in [1.82, 2.24) is 9.80 Å². The average Bonchev–Trinajstić information content (AvgIpc) is 2.90. The van der Waals surface area contributed by atoms with Crippen LogP contribution in [0.25, 0.3) is 0 Å². The van der Waals surface area contributed by atoms with E-state index in [4.69, 9.17) is 9.47 Å². The van der Waals surface area contributed by atoms with Gasteiger partial charge in [0.05, 0.1) is 17.5 Å². The van der Waals surface area contributed by atoms with Gasteiger partial charge in [-0.2, -0.15) is 0 Å². The number of nitrogens with zero attached hydrogens (tertiary/aromatic N) is 3. The molecule has 0 aliphatic rings. The highest BCUT2D eigenvalue weighted by atomic mass is 32.2. The van der Waals surface area contributed by atoms with E-state index in [0.717, 1.165) is 17.0 Å². The van der Waals surface area contributed by atoms with E-state index < -0.39 is 11.0 Å². The summed E-state index contributed by atoms with van der Waals surface area (Å²) in [5.41, 5.74) is 1.85. The molecule has 0 saturated heterocycles. The van der Waals surface area contributed by atoms with E-state index in [1.807, 2.05) is 75.6 Å². The molecule has 0 aromatic heterocycles. The van der Waals surface area contributed by atoms with Gasteiger partial charge < -0.3 is 19.3 Å². The quantitative estimate of drug-likeness (QED) is 0.363. The Hall–Kier alpha value is -3.36. The van der Waals surface area contributed by atoms with Crippen molar-refractivity contribution in [3.63, 3.8) is 0 Å². The number of likely N-dealkylation sites (N-methyl/N-ethyl adjacent to an activating group) is 2. The Balaban J connectivity index is 1.59. The molecule has 0 saturated carbocycles. The van der Waals surface area contributed by atoms with E-state index in [1.165, 1.54) is 0 Å². The Bertz CT molecular complexity index is 1120. The third-order valence-electron chi connectivity index (χ3n) is 5.73. The summed E-state index contributed by atoms with van der Waals surface area (Å²) >= 11 is 0. The zero-order valence-corrected chi connectivity index (χ0v) is 22.4. The van der Waals surface area contributed by atoms with Crippen LogP contribution in [0, 0.1) is 0 Å². The molecule has 0 N–H and O–H groups in total. The molecule has 3 rings (SSSR count). The maximum Gasteiger partial charge on any atom is 0.260 e. The lowest BCUT2D eigenvalue weighted by Gasteiger charge is -2.31. The first-order valence-electron chi connectivity index (χ1n) is 11.9. The van der Waals surface area contributed by atoms with Gasteiger partial charge in [-0.15, -0.1) is 0 Å². The topological polar surface area (TPSA) is 62.3 Å². The highest BCUT2D eigenvalue weighted by molar-refractivity contribution is 7.86. The predicted octanol–water partition coefficient (Wildman–Crippen LogP) is 4.38. The van der Waals surface area contributed by atoms with Crippen LogP contribution in [0.15, 0.2) is 83.8 Å². The summed E-state index contributed by atoms with van der Waals surface area (Å²) in [5.74, 6) is 1.22. The molecule has 0 spiro atoms. The Morgan fingerprint density at radius 3 is 2.00 bits per heavy atom. The zero-order valence-electron chi connectivity index (χ0n) is 21.6. The first-order valence-corrected chi connectivity index (χ1v) is 13.0. The molecule has 0 bridgehead atoms. The second-order valence-corrected chi connectivity index (χ2v) is 10.1. The maximum absolute atomic E-state index is 13.0. The minimum Gasteiger partial charge on any atom is -0.494 e. The van der Waals surface area contributed by atoms with Crippen LogP contribution in [0.4, 0.5) is 5.69 Å². The summed E-state index contributed by atoms with van der Waals surface area (Å²) in [5, 5.41) is 0. The van der Waals surface area contributed by atoms with Gasteiger partial charge in [0.15, 0.2) is 17.6 Å². The van der Waals surface area contributed by atoms with Crippen molar-refractivity contribution in [1.29, 1.82) is 0 Å². The van der Waals surface area contributed by atoms with Crippen LogP contribution in [0.5, 0.6) is 11.5 Å². The molecule has 3 aromatic carbocycles. The highest BCUT2D eigenvalue weighted by Gasteiger charge is 2.22. The van der Waals surface area contributed by atoms with Crippen LogP contribution in [0.1, 0.15) is 18.5 Å². The Morgan fingerprint density at radius 2 is 1.42 bits per heavy atom. The lowest BCUT2D eigenvalue weighted by Crippen LogP contribution is -2.39. The summed E-state index contributed by atoms with van der Waals surface area (Å²) in [6.45, 7) is 3.15. The second-order valence-electron chi connectivity index (χ2n) is 8.63. The Labute approximate surface area is 216 Å². The van der Waals surface area contributed by atoms with Gasteiger partial charge in [-0.1, -0.05) is 30.3 Å². The summed E-state index contributed by atoms with van der Waals surface area (Å²) in [6, 6.07) is 24.4. The first kappa shape index (κ1) is 27.2. The van der Waals surface area contributed by atoms with Crippen molar-refractivity contribution >= 4 is 22.6 Å². The molecule has 2 unspecified atom stereocenters. The van der Waals surface area contributed by atoms with E-state index in [-0.39, 0.29) is 18.6 Å². The normalized spacial score (nSPS) is 12.6. The van der Waals surface area contributed by atoms with Crippen LogP contribution < -0.4 is 13.8 Å². The Morgan fingerprint density at radius 1 is 0.833 bits per heavy atom. The predicted molar refractivity (Wildman–Crippen MR) is 145 cm³/mol. The first-order chi connectivity index (χ1) is 17.3. The molecule has 8 heteroatoms. The van der Waals surface area contributed by atoms with Gasteiger partial charge in [-0.25, -0.2) is 4.21 Å². The van der Waals surface area contributed by atoms with Crippen molar-refractivity contribution in [3.8, 4) is 11.5 Å². The summed E-state index contributed by atoms with van der Waals surface area (Å²) in [6.07, 6.45) is 0. The standard InChI is InChI=1S/C28H35N3O4S/c1-6-34-24-16-18-26(19-17-24)36(33)31(5)23-12-14-25(15-13-23)35-21-28(32)30(4)27(20-29(2)3)22-10-8-7-9-11-22/h7-19,27H,6,20-21H2,1-5H3. The number of ether oxygens (including phenoxy) is 2. The van der Waals surface area contributed by atoms with Crippen molar-refractivity contribution in [2.24, 2.45) is 0 Å². The lowest BCUT2D eigenvalue weighted by atomic mass is 10.1. The third-order valence-corrected chi connectivity index (χ3v) is 7.11. The van der Waals surface area contributed by atoms with Crippen molar-refractivity contribution in [3.05, 3.63) is 84.4 Å². The summed E-state index contributed by atoms with van der Waals surface area (Å²) in [4.78, 5) is 17.4. The van der Waals surface area contributed by atoms with Gasteiger partial charge in [0.2, 0.25) is 0 Å². The van der Waals surface area contributed by atoms with Crippen molar-refractivity contribution in [2.45, 2.75) is 17.9 Å². The van der Waals surface area contributed by atoms with Gasteiger partial charge >= 0.3 is 0 Å². The van der Waals surface area contributed by atoms with Crippen LogP contribution in [-0.4, -0.2) is 67.9 Å². The van der Waals surface area contributed by atoms with Gasteiger partial charge in [-0.05, 0) is 75.1 Å². The molecule has 1 amide bonds. The fraction of sp³-hybridized carbons (Fsp3) is 0.321. The van der Waals surface area contributed by atoms with Crippen LogP contribution in [0.3, 0.4) is 0 Å². The molecule has 0 aliphatic carbocycles. The number of rotatable bonds is 12. The molecule has 0 aliphatic heterocycles. The van der Waals surface area contributed by atoms with Gasteiger partial charge in [0.1, 0.15) is 11.5 Å². The SMILES string of the molecule is CCOc1ccc(S(=O)N(C)c2ccc(OCC(=O)N(C)C(CN(C)C)c3ccccc3)cc2)cc1. The molecular formula is C28H35N3O4S. The number of hydrogen-bond donors (Lipinski definition) is 0. The fourth-order valence-electron chi connectivity index (χ4n) is 3.72. The average molecular weight is 510 g/mol. The van der Waals surface area contributed by atoms with E-state index in [1.54, 1.807) is 47.6 Å². The van der Waals surface area contributed by atoms with E-state index in [2.05, 4.69) is 4.90 Å². The number of anilines is 1. The molecule has 0 fully saturated rings. The number of hydrogen-bond acceptors (Lipinski definition) is 5. The second kappa shape index (κ2) is 13.1. The molecule has 3 aromatic rings. The zero-order chi connectivity index (χ0) is 26.1. The lowest BCUT2D eigenvalue weighted by molar-refractivity contribution is -0.134.